The van der Waals surface area contributed by atoms with E-state index in [0.717, 1.165) is 0 Å². The zero-order valence-corrected chi connectivity index (χ0v) is 15.6. The maximum absolute atomic E-state index is 12.0. The second-order valence-corrected chi connectivity index (χ2v) is 6.53. The lowest BCUT2D eigenvalue weighted by atomic mass is 10.1. The van der Waals surface area contributed by atoms with E-state index >= 15 is 0 Å². The summed E-state index contributed by atoms with van der Waals surface area (Å²) in [6, 6.07) is 0. The average Bonchev–Trinajstić information content (AvgIpc) is 2.47. The molecule has 0 unspecified atom stereocenters. The van der Waals surface area contributed by atoms with Gasteiger partial charge < -0.3 is 15.3 Å². The Bertz CT molecular complexity index is 480. The van der Waals surface area contributed by atoms with Gasteiger partial charge in [0.2, 0.25) is 0 Å². The zero-order chi connectivity index (χ0) is 20.3. The molecule has 0 fully saturated rings. The molecule has 0 aliphatic carbocycles. The Hall–Kier alpha value is -2.04. The van der Waals surface area contributed by atoms with E-state index < -0.39 is 31.0 Å². The van der Waals surface area contributed by atoms with Crippen molar-refractivity contribution in [1.82, 2.24) is 14.7 Å². The normalized spacial score (nSPS) is 11.5. The van der Waals surface area contributed by atoms with Gasteiger partial charge in [-0.3, -0.25) is 33.9 Å². The Morgan fingerprint density at radius 1 is 0.692 bits per heavy atom. The minimum absolute atomic E-state index is 0.00825. The molecule has 150 valence electrons. The molecule has 0 aliphatic heterocycles. The molecule has 0 aromatic heterocycles. The fourth-order valence-corrected chi connectivity index (χ4v) is 2.17. The van der Waals surface area contributed by atoms with Crippen LogP contribution in [0.2, 0.25) is 0 Å². The maximum atomic E-state index is 12.0. The molecule has 3 N–H and O–H groups in total. The molecule has 10 nitrogen and oxygen atoms in total. The monoisotopic (exact) mass is 375 g/mol. The van der Waals surface area contributed by atoms with Crippen molar-refractivity contribution in [1.29, 1.82) is 0 Å². The Morgan fingerprint density at radius 3 is 1.54 bits per heavy atom. The molecule has 0 spiro atoms. The van der Waals surface area contributed by atoms with E-state index in [-0.39, 0.29) is 31.3 Å². The third-order valence-electron chi connectivity index (χ3n) is 3.68. The summed E-state index contributed by atoms with van der Waals surface area (Å²) in [5.41, 5.74) is 0. The number of carbonyl (C=O) groups excluding carboxylic acids is 1. The Morgan fingerprint density at radius 2 is 1.12 bits per heavy atom. The van der Waals surface area contributed by atoms with Crippen LogP contribution in [0, 0.1) is 5.92 Å². The van der Waals surface area contributed by atoms with Gasteiger partial charge in [0.1, 0.15) is 5.78 Å². The smallest absolute Gasteiger partial charge is 0.317 e. The summed E-state index contributed by atoms with van der Waals surface area (Å²) in [5.74, 6) is -3.36. The van der Waals surface area contributed by atoms with E-state index in [1.54, 1.807) is 30.7 Å². The summed E-state index contributed by atoms with van der Waals surface area (Å²) in [6.45, 7) is 4.06. The van der Waals surface area contributed by atoms with Crippen molar-refractivity contribution in [2.45, 2.75) is 13.8 Å². The van der Waals surface area contributed by atoms with Gasteiger partial charge in [-0.15, -0.1) is 0 Å². The van der Waals surface area contributed by atoms with Gasteiger partial charge in [0.15, 0.2) is 0 Å². The summed E-state index contributed by atoms with van der Waals surface area (Å²) < 4.78 is 0. The quantitative estimate of drug-likeness (QED) is 0.327. The molecule has 0 aromatic rings. The van der Waals surface area contributed by atoms with Crippen molar-refractivity contribution in [3.05, 3.63) is 0 Å². The van der Waals surface area contributed by atoms with Crippen LogP contribution < -0.4 is 0 Å². The first-order chi connectivity index (χ1) is 12.0. The van der Waals surface area contributed by atoms with Crippen LogP contribution in [0.5, 0.6) is 0 Å². The van der Waals surface area contributed by atoms with Crippen LogP contribution in [0.1, 0.15) is 13.8 Å². The van der Waals surface area contributed by atoms with Crippen LogP contribution in [0.4, 0.5) is 0 Å². The predicted octanol–water partition coefficient (Wildman–Crippen LogP) is -0.999. The third-order valence-corrected chi connectivity index (χ3v) is 3.68. The first-order valence-electron chi connectivity index (χ1n) is 8.32. The Labute approximate surface area is 153 Å². The predicted molar refractivity (Wildman–Crippen MR) is 93.1 cm³/mol. The largest absolute Gasteiger partial charge is 0.480 e. The molecule has 0 amide bonds. The van der Waals surface area contributed by atoms with E-state index in [1.165, 1.54) is 4.90 Å². The third kappa shape index (κ3) is 12.3. The molecule has 0 saturated carbocycles. The van der Waals surface area contributed by atoms with Crippen molar-refractivity contribution in [2.24, 2.45) is 5.92 Å². The van der Waals surface area contributed by atoms with E-state index in [2.05, 4.69) is 0 Å². The van der Waals surface area contributed by atoms with Crippen molar-refractivity contribution in [2.75, 3.05) is 59.4 Å². The highest BCUT2D eigenvalue weighted by molar-refractivity contribution is 5.82. The summed E-state index contributed by atoms with van der Waals surface area (Å²) >= 11 is 0. The topological polar surface area (TPSA) is 139 Å². The molecule has 0 bridgehead atoms. The number of hydrogen-bond acceptors (Lipinski definition) is 7. The second-order valence-electron chi connectivity index (χ2n) is 6.53. The van der Waals surface area contributed by atoms with Crippen molar-refractivity contribution in [3.63, 3.8) is 0 Å². The van der Waals surface area contributed by atoms with Gasteiger partial charge in [0, 0.05) is 32.1 Å². The average molecular weight is 375 g/mol. The van der Waals surface area contributed by atoms with Crippen LogP contribution >= 0.6 is 0 Å². The summed E-state index contributed by atoms with van der Waals surface area (Å²) in [4.78, 5) is 49.1. The minimum Gasteiger partial charge on any atom is -0.480 e. The molecule has 0 saturated heterocycles. The van der Waals surface area contributed by atoms with Crippen molar-refractivity contribution >= 4 is 23.7 Å². The highest BCUT2D eigenvalue weighted by Gasteiger charge is 2.18. The van der Waals surface area contributed by atoms with Gasteiger partial charge in [0.25, 0.3) is 0 Å². The number of carboxylic acid groups (broad SMARTS) is 3. The number of carboxylic acids is 3. The number of carbonyl (C=O) groups is 4. The van der Waals surface area contributed by atoms with E-state index in [4.69, 9.17) is 15.3 Å². The number of nitrogens with zero attached hydrogens (tertiary/aromatic N) is 3. The molecular weight excluding hydrogens is 346 g/mol. The number of aliphatic carboxylic acids is 3. The van der Waals surface area contributed by atoms with Crippen LogP contribution in [0.25, 0.3) is 0 Å². The van der Waals surface area contributed by atoms with Gasteiger partial charge in [-0.25, -0.2) is 0 Å². The highest BCUT2D eigenvalue weighted by Crippen LogP contribution is 2.00. The molecule has 10 heteroatoms. The van der Waals surface area contributed by atoms with E-state index in [9.17, 15) is 19.2 Å². The zero-order valence-electron chi connectivity index (χ0n) is 15.6. The summed E-state index contributed by atoms with van der Waals surface area (Å²) in [5, 5.41) is 26.5. The van der Waals surface area contributed by atoms with Gasteiger partial charge in [-0.2, -0.15) is 0 Å². The lowest BCUT2D eigenvalue weighted by Crippen LogP contribution is -2.44. The van der Waals surface area contributed by atoms with Gasteiger partial charge in [-0.05, 0) is 7.05 Å². The molecular formula is C16H29N3O7. The molecule has 0 radical (unpaired) electrons. The van der Waals surface area contributed by atoms with Crippen molar-refractivity contribution < 1.29 is 34.5 Å². The molecule has 0 aliphatic rings. The number of rotatable bonds is 15. The first kappa shape index (κ1) is 24.0. The number of likely N-dealkylation sites (N-methyl/N-ethyl adjacent to an activating group) is 1. The molecule has 0 rings (SSSR count). The number of hydrogen-bond donors (Lipinski definition) is 3. The first-order valence-corrected chi connectivity index (χ1v) is 8.32. The SMILES string of the molecule is CC(C)C(=O)CN(CCN(C)CC(=O)O)CCN(CC(=O)O)CC(=O)O. The maximum Gasteiger partial charge on any atom is 0.317 e. The van der Waals surface area contributed by atoms with Gasteiger partial charge in [-0.1, -0.05) is 13.8 Å². The lowest BCUT2D eigenvalue weighted by Gasteiger charge is -2.27. The summed E-state index contributed by atoms with van der Waals surface area (Å²) in [6.07, 6.45) is 0. The van der Waals surface area contributed by atoms with Crippen LogP contribution in [-0.4, -0.2) is 113 Å². The van der Waals surface area contributed by atoms with E-state index in [1.807, 2.05) is 0 Å². The standard InChI is InChI=1S/C16H29N3O7/c1-12(2)13(20)8-18(5-4-17(3)9-14(21)22)6-7-19(10-15(23)24)11-16(25)26/h12H,4-11H2,1-3H3,(H,21,22)(H,23,24)(H,25,26). The minimum atomic E-state index is -1.13. The fraction of sp³-hybridized carbons (Fsp3) is 0.750. The van der Waals surface area contributed by atoms with Gasteiger partial charge >= 0.3 is 17.9 Å². The molecule has 0 heterocycles. The molecule has 0 aromatic carbocycles. The van der Waals surface area contributed by atoms with Crippen molar-refractivity contribution in [3.8, 4) is 0 Å². The van der Waals surface area contributed by atoms with Crippen LogP contribution in [0.3, 0.4) is 0 Å². The van der Waals surface area contributed by atoms with Gasteiger partial charge in [0.05, 0.1) is 26.2 Å². The van der Waals surface area contributed by atoms with Crippen LogP contribution in [-0.2, 0) is 19.2 Å². The Kier molecular flexibility index (Phi) is 11.4. The highest BCUT2D eigenvalue weighted by atomic mass is 16.4. The van der Waals surface area contributed by atoms with E-state index in [0.29, 0.717) is 19.6 Å². The Balaban J connectivity index is 4.79. The fourth-order valence-electron chi connectivity index (χ4n) is 2.17. The molecule has 0 atom stereocenters. The van der Waals surface area contributed by atoms with Crippen LogP contribution in [0.15, 0.2) is 0 Å². The number of Topliss-reactive ketones (excluding diaryl/α,β-unsaturated/α-hetero) is 1. The number of ketones is 1. The molecule has 26 heavy (non-hydrogen) atoms. The second kappa shape index (κ2) is 12.3. The summed E-state index contributed by atoms with van der Waals surface area (Å²) in [7, 11) is 1.65. The lowest BCUT2D eigenvalue weighted by molar-refractivity contribution is -0.142.